The van der Waals surface area contributed by atoms with Crippen molar-refractivity contribution in [2.24, 2.45) is 7.05 Å². The molecule has 1 aliphatic rings. The largest absolute Gasteiger partial charge is 0.396 e. The molecule has 1 amide bonds. The minimum Gasteiger partial charge on any atom is -0.396 e. The second-order valence-electron chi connectivity index (χ2n) is 5.70. The van der Waals surface area contributed by atoms with E-state index in [1.807, 2.05) is 29.6 Å². The highest BCUT2D eigenvalue weighted by molar-refractivity contribution is 7.20. The zero-order valence-corrected chi connectivity index (χ0v) is 13.3. The van der Waals surface area contributed by atoms with Gasteiger partial charge in [0.15, 0.2) is 0 Å². The molecular formula is C15H21N3O2S. The summed E-state index contributed by atoms with van der Waals surface area (Å²) >= 11 is 1.51. The molecule has 1 aliphatic carbocycles. The van der Waals surface area contributed by atoms with Crippen LogP contribution in [0.3, 0.4) is 0 Å². The van der Waals surface area contributed by atoms with E-state index >= 15 is 0 Å². The van der Waals surface area contributed by atoms with Crippen LogP contribution in [-0.2, 0) is 7.05 Å². The fraction of sp³-hybridized carbons (Fsp3) is 0.600. The molecule has 6 heteroatoms. The minimum atomic E-state index is 0.105. The molecule has 0 spiro atoms. The number of aryl methyl sites for hydroxylation is 2. The maximum atomic E-state index is 12.8. The summed E-state index contributed by atoms with van der Waals surface area (Å²) in [6, 6.07) is 2.32. The van der Waals surface area contributed by atoms with Gasteiger partial charge in [-0.3, -0.25) is 9.48 Å². The highest BCUT2D eigenvalue weighted by atomic mass is 32.1. The van der Waals surface area contributed by atoms with Crippen molar-refractivity contribution in [3.63, 3.8) is 0 Å². The van der Waals surface area contributed by atoms with E-state index in [1.165, 1.54) is 17.8 Å². The van der Waals surface area contributed by atoms with E-state index in [0.717, 1.165) is 33.6 Å². The van der Waals surface area contributed by atoms with E-state index in [2.05, 4.69) is 5.10 Å². The molecule has 0 saturated heterocycles. The van der Waals surface area contributed by atoms with Gasteiger partial charge in [-0.1, -0.05) is 0 Å². The first-order chi connectivity index (χ1) is 10.1. The van der Waals surface area contributed by atoms with Gasteiger partial charge in [-0.15, -0.1) is 11.3 Å². The zero-order valence-electron chi connectivity index (χ0n) is 12.5. The summed E-state index contributed by atoms with van der Waals surface area (Å²) in [7, 11) is 1.91. The molecule has 2 aromatic rings. The van der Waals surface area contributed by atoms with Crippen molar-refractivity contribution in [1.29, 1.82) is 0 Å². The monoisotopic (exact) mass is 307 g/mol. The quantitative estimate of drug-likeness (QED) is 0.922. The normalized spacial score (nSPS) is 15.4. The molecule has 21 heavy (non-hydrogen) atoms. The predicted octanol–water partition coefficient (Wildman–Crippen LogP) is 2.32. The molecule has 2 heterocycles. The Bertz CT molecular complexity index is 623. The maximum absolute atomic E-state index is 12.8. The predicted molar refractivity (Wildman–Crippen MR) is 83.7 cm³/mol. The Morgan fingerprint density at radius 1 is 1.57 bits per heavy atom. The number of rotatable bonds is 5. The first-order valence-electron chi connectivity index (χ1n) is 7.46. The van der Waals surface area contributed by atoms with Crippen molar-refractivity contribution in [1.82, 2.24) is 14.7 Å². The number of carbonyl (C=O) groups excluding carboxylic acids is 1. The van der Waals surface area contributed by atoms with E-state index in [1.54, 1.807) is 0 Å². The molecular weight excluding hydrogens is 286 g/mol. The molecule has 1 saturated carbocycles. The zero-order chi connectivity index (χ0) is 15.0. The number of carbonyl (C=O) groups is 1. The number of aliphatic hydroxyl groups excluding tert-OH is 1. The summed E-state index contributed by atoms with van der Waals surface area (Å²) in [6.07, 6.45) is 4.02. The van der Waals surface area contributed by atoms with Gasteiger partial charge in [0.1, 0.15) is 4.83 Å². The summed E-state index contributed by atoms with van der Waals surface area (Å²) < 4.78 is 1.84. The number of aromatic nitrogens is 2. The number of thiophene rings is 1. The summed E-state index contributed by atoms with van der Waals surface area (Å²) in [4.78, 5) is 16.6. The number of nitrogens with zero attached hydrogens (tertiary/aromatic N) is 3. The standard InChI is InChI=1S/C15H21N3O2S/c1-10-12-9-13(21-15(12)17(2)16-10)14(20)18(7-4-8-19)11-5-3-6-11/h9,11,19H,3-8H2,1-2H3. The molecule has 0 unspecified atom stereocenters. The Balaban J connectivity index is 1.87. The van der Waals surface area contributed by atoms with Crippen LogP contribution < -0.4 is 0 Å². The molecule has 0 aliphatic heterocycles. The summed E-state index contributed by atoms with van der Waals surface area (Å²) in [5.74, 6) is 0.105. The fourth-order valence-corrected chi connectivity index (χ4v) is 3.92. The number of amides is 1. The molecule has 2 aromatic heterocycles. The van der Waals surface area contributed by atoms with Gasteiger partial charge in [0.25, 0.3) is 5.91 Å². The Labute approximate surface area is 128 Å². The number of hydrogen-bond acceptors (Lipinski definition) is 4. The van der Waals surface area contributed by atoms with Crippen LogP contribution in [0.5, 0.6) is 0 Å². The van der Waals surface area contributed by atoms with Gasteiger partial charge >= 0.3 is 0 Å². The van der Waals surface area contributed by atoms with Crippen LogP contribution >= 0.6 is 11.3 Å². The Hall–Kier alpha value is -1.40. The molecule has 3 rings (SSSR count). The third-order valence-corrected chi connectivity index (χ3v) is 5.43. The average Bonchev–Trinajstić information content (AvgIpc) is 2.94. The molecule has 0 aromatic carbocycles. The van der Waals surface area contributed by atoms with Crippen LogP contribution in [0.25, 0.3) is 10.2 Å². The van der Waals surface area contributed by atoms with Crippen molar-refractivity contribution < 1.29 is 9.90 Å². The SMILES string of the molecule is Cc1nn(C)c2sc(C(=O)N(CCCO)C3CCC3)cc12. The van der Waals surface area contributed by atoms with Gasteiger partial charge in [-0.05, 0) is 38.7 Å². The summed E-state index contributed by atoms with van der Waals surface area (Å²) in [5, 5.41) is 14.5. The highest BCUT2D eigenvalue weighted by Gasteiger charge is 2.30. The number of aliphatic hydroxyl groups is 1. The van der Waals surface area contributed by atoms with E-state index in [0.29, 0.717) is 19.0 Å². The summed E-state index contributed by atoms with van der Waals surface area (Å²) in [5.41, 5.74) is 0.966. The van der Waals surface area contributed by atoms with Crippen LogP contribution in [0.15, 0.2) is 6.07 Å². The number of fused-ring (bicyclic) bond motifs is 1. The lowest BCUT2D eigenvalue weighted by Crippen LogP contribution is -2.44. The van der Waals surface area contributed by atoms with Gasteiger partial charge in [0.2, 0.25) is 0 Å². The topological polar surface area (TPSA) is 58.4 Å². The highest BCUT2D eigenvalue weighted by Crippen LogP contribution is 2.31. The van der Waals surface area contributed by atoms with Crippen LogP contribution in [0, 0.1) is 6.92 Å². The van der Waals surface area contributed by atoms with Gasteiger partial charge in [-0.25, -0.2) is 0 Å². The molecule has 0 radical (unpaired) electrons. The van der Waals surface area contributed by atoms with Crippen molar-refractivity contribution in [2.45, 2.75) is 38.6 Å². The molecule has 0 bridgehead atoms. The van der Waals surface area contributed by atoms with Crippen LogP contribution in [-0.4, -0.2) is 44.9 Å². The summed E-state index contributed by atoms with van der Waals surface area (Å²) in [6.45, 7) is 2.75. The van der Waals surface area contributed by atoms with Crippen molar-refractivity contribution >= 4 is 27.5 Å². The third-order valence-electron chi connectivity index (χ3n) is 4.24. The van der Waals surface area contributed by atoms with Gasteiger partial charge in [-0.2, -0.15) is 5.10 Å². The Morgan fingerprint density at radius 2 is 2.33 bits per heavy atom. The second kappa shape index (κ2) is 5.77. The molecule has 114 valence electrons. The maximum Gasteiger partial charge on any atom is 0.264 e. The first-order valence-corrected chi connectivity index (χ1v) is 8.28. The molecule has 1 fully saturated rings. The van der Waals surface area contributed by atoms with E-state index in [4.69, 9.17) is 5.11 Å². The molecule has 1 N–H and O–H groups in total. The lowest BCUT2D eigenvalue weighted by atomic mass is 9.91. The van der Waals surface area contributed by atoms with Gasteiger partial charge in [0, 0.05) is 31.6 Å². The smallest absolute Gasteiger partial charge is 0.264 e. The van der Waals surface area contributed by atoms with Crippen LogP contribution in [0.1, 0.15) is 41.0 Å². The van der Waals surface area contributed by atoms with Crippen molar-refractivity contribution in [3.05, 3.63) is 16.6 Å². The fourth-order valence-electron chi connectivity index (χ4n) is 2.84. The van der Waals surface area contributed by atoms with Crippen LogP contribution in [0.4, 0.5) is 0 Å². The molecule has 5 nitrogen and oxygen atoms in total. The molecule has 0 atom stereocenters. The second-order valence-corrected chi connectivity index (χ2v) is 6.73. The van der Waals surface area contributed by atoms with Crippen LogP contribution in [0.2, 0.25) is 0 Å². The number of hydrogen-bond donors (Lipinski definition) is 1. The lowest BCUT2D eigenvalue weighted by molar-refractivity contribution is 0.0567. The Kier molecular flexibility index (Phi) is 3.99. The van der Waals surface area contributed by atoms with Crippen molar-refractivity contribution in [2.75, 3.05) is 13.2 Å². The van der Waals surface area contributed by atoms with Gasteiger partial charge in [0.05, 0.1) is 10.6 Å². The third kappa shape index (κ3) is 2.58. The minimum absolute atomic E-state index is 0.105. The first kappa shape index (κ1) is 14.5. The van der Waals surface area contributed by atoms with Gasteiger partial charge < -0.3 is 10.0 Å². The van der Waals surface area contributed by atoms with E-state index in [9.17, 15) is 4.79 Å². The van der Waals surface area contributed by atoms with E-state index < -0.39 is 0 Å². The van der Waals surface area contributed by atoms with E-state index in [-0.39, 0.29) is 12.5 Å². The van der Waals surface area contributed by atoms with Crippen molar-refractivity contribution in [3.8, 4) is 0 Å². The Morgan fingerprint density at radius 3 is 2.90 bits per heavy atom. The lowest BCUT2D eigenvalue weighted by Gasteiger charge is -2.37. The average molecular weight is 307 g/mol.